The lowest BCUT2D eigenvalue weighted by Gasteiger charge is -2.33. The summed E-state index contributed by atoms with van der Waals surface area (Å²) < 4.78 is 0. The minimum atomic E-state index is -1.77. The Hall–Kier alpha value is -8.00. The third kappa shape index (κ3) is 27.2. The van der Waals surface area contributed by atoms with E-state index < -0.39 is 139 Å². The van der Waals surface area contributed by atoms with Crippen LogP contribution in [0.5, 0.6) is 5.75 Å². The van der Waals surface area contributed by atoms with Gasteiger partial charge in [-0.3, -0.25) is 67.5 Å². The predicted octanol–water partition coefficient (Wildman–Crippen LogP) is -4.24. The number of β-amino-alcohol motifs (C(OH)–C–C–N with tert-alkyl or cyclic N) is 2. The summed E-state index contributed by atoms with van der Waals surface area (Å²) in [7, 11) is 1.82. The van der Waals surface area contributed by atoms with Crippen LogP contribution < -0.4 is 48.3 Å². The molecular formula is C65H94N14O18S2. The fourth-order valence-corrected chi connectivity index (χ4v) is 13.5. The summed E-state index contributed by atoms with van der Waals surface area (Å²) >= 11 is 0. The summed E-state index contributed by atoms with van der Waals surface area (Å²) in [6, 6.07) is 9.30. The van der Waals surface area contributed by atoms with E-state index in [4.69, 9.17) is 5.73 Å². The van der Waals surface area contributed by atoms with Crippen LogP contribution in [0.2, 0.25) is 0 Å². The summed E-state index contributed by atoms with van der Waals surface area (Å²) in [6.07, 6.45) is -3.05. The van der Waals surface area contributed by atoms with E-state index in [9.17, 15) is 74.4 Å². The Kier molecular flexibility index (Phi) is 33.1. The number of aromatic nitrogens is 1. The topological polar surface area (TPSA) is 484 Å². The van der Waals surface area contributed by atoms with Gasteiger partial charge in [0.25, 0.3) is 0 Å². The molecular weight excluding hydrogens is 1330 g/mol. The Morgan fingerprint density at radius 2 is 1.17 bits per heavy atom. The van der Waals surface area contributed by atoms with Crippen LogP contribution >= 0.6 is 21.6 Å². The number of carboxylic acid groups (broad SMARTS) is 2. The first kappa shape index (κ1) is 80.0. The summed E-state index contributed by atoms with van der Waals surface area (Å²) in [6.45, 7) is 1.63. The number of hydrogen-bond donors (Lipinski definition) is 18. The summed E-state index contributed by atoms with van der Waals surface area (Å²) in [5, 5.41) is 104. The number of H-pyrrole nitrogens is 1. The van der Waals surface area contributed by atoms with Gasteiger partial charge in [-0.25, -0.2) is 0 Å². The number of phenols is 1. The molecule has 0 aliphatic carbocycles. The number of aromatic amines is 1. The van der Waals surface area contributed by atoms with Gasteiger partial charge in [0.15, 0.2) is 6.29 Å². The van der Waals surface area contributed by atoms with Crippen LogP contribution in [0.25, 0.3) is 10.9 Å². The average molecular weight is 1420 g/mol. The molecule has 0 radical (unpaired) electrons. The second-order valence-corrected chi connectivity index (χ2v) is 27.1. The highest BCUT2D eigenvalue weighted by Gasteiger charge is 2.37. The van der Waals surface area contributed by atoms with Gasteiger partial charge in [-0.1, -0.05) is 82.3 Å². The first-order valence-corrected chi connectivity index (χ1v) is 35.2. The number of nitrogens with zero attached hydrogens (tertiary/aromatic N) is 4. The normalized spacial score (nSPS) is 22.1. The van der Waals surface area contributed by atoms with E-state index >= 15 is 14.4 Å². The number of phenolic OH excluding ortho intramolecular Hbond substituents is 1. The molecule has 2 aliphatic rings. The molecule has 2 aliphatic heterocycles. The molecule has 0 unspecified atom stereocenters. The van der Waals surface area contributed by atoms with Crippen molar-refractivity contribution < 1.29 is 88.8 Å². The van der Waals surface area contributed by atoms with Gasteiger partial charge < -0.3 is 94.1 Å². The summed E-state index contributed by atoms with van der Waals surface area (Å²) in [4.78, 5) is 152. The van der Waals surface area contributed by atoms with Crippen LogP contribution in [0.4, 0.5) is 0 Å². The number of aromatic hydroxyl groups is 1. The highest BCUT2D eigenvalue weighted by Crippen LogP contribution is 2.25. The number of para-hydroxylation sites is 1. The van der Waals surface area contributed by atoms with Gasteiger partial charge in [-0.15, -0.1) is 0 Å². The molecule has 0 spiro atoms. The predicted molar refractivity (Wildman–Crippen MR) is 367 cm³/mol. The van der Waals surface area contributed by atoms with Gasteiger partial charge in [-0.05, 0) is 74.5 Å². The maximum atomic E-state index is 15.3. The molecule has 1 aromatic heterocycles. The van der Waals surface area contributed by atoms with Crippen molar-refractivity contribution in [3.63, 3.8) is 0 Å². The molecule has 99 heavy (non-hydrogen) atoms. The molecule has 544 valence electrons. The SMILES string of the molecule is C[C@@H](O)[C@@H]1NC(=O)[C@H](CCCCN)NC(=O)[C@@H](Cc2c[nH]c3ccccc23)NC(=O)[C@H](Cc2ccc(O)cc2)NC(=O)[C@@H](NC(=O)[C@@H](Cc2ccccc2)NC(=O)CN2CCN(CC(=O)O)CCN(CC(=O)O)CCN(CC(O)O)CC2)CSSC[C@@H](C(=O)N[C@H](CO)[C@@H](C)O)NC1=O. The number of aliphatic hydroxyl groups excluding tert-OH is 4. The van der Waals surface area contributed by atoms with Crippen LogP contribution in [0.3, 0.4) is 0 Å². The van der Waals surface area contributed by atoms with Gasteiger partial charge in [0.2, 0.25) is 47.3 Å². The second kappa shape index (κ2) is 40.9. The summed E-state index contributed by atoms with van der Waals surface area (Å²) in [5.74, 6) is -10.4. The van der Waals surface area contributed by atoms with Crippen LogP contribution in [0, 0.1) is 0 Å². The molecule has 34 heteroatoms. The summed E-state index contributed by atoms with van der Waals surface area (Å²) in [5.41, 5.74) is 8.07. The minimum Gasteiger partial charge on any atom is -0.508 e. The monoisotopic (exact) mass is 1420 g/mol. The zero-order chi connectivity index (χ0) is 72.1. The smallest absolute Gasteiger partial charge is 0.317 e. The van der Waals surface area contributed by atoms with Crippen molar-refractivity contribution in [1.82, 2.24) is 67.1 Å². The molecule has 19 N–H and O–H groups in total. The highest BCUT2D eigenvalue weighted by molar-refractivity contribution is 8.76. The maximum absolute atomic E-state index is 15.3. The molecule has 10 atom stereocenters. The molecule has 3 aromatic carbocycles. The number of unbranched alkanes of at least 4 members (excludes halogenated alkanes) is 1. The number of hydrogen-bond acceptors (Lipinski definition) is 23. The van der Waals surface area contributed by atoms with E-state index in [1.807, 2.05) is 0 Å². The van der Waals surface area contributed by atoms with Crippen molar-refractivity contribution in [1.29, 1.82) is 0 Å². The lowest BCUT2D eigenvalue weighted by Crippen LogP contribution is -2.62. The van der Waals surface area contributed by atoms with E-state index in [1.165, 1.54) is 38.1 Å². The van der Waals surface area contributed by atoms with Crippen molar-refractivity contribution in [3.05, 3.63) is 102 Å². The molecule has 0 bridgehead atoms. The van der Waals surface area contributed by atoms with Gasteiger partial charge >= 0.3 is 11.9 Å². The lowest BCUT2D eigenvalue weighted by atomic mass is 10.0. The first-order valence-electron chi connectivity index (χ1n) is 32.7. The number of fused-ring (bicyclic) bond motifs is 1. The number of carbonyl (C=O) groups excluding carboxylic acids is 8. The number of carboxylic acids is 2. The largest absolute Gasteiger partial charge is 0.508 e. The Morgan fingerprint density at radius 3 is 1.76 bits per heavy atom. The molecule has 6 rings (SSSR count). The zero-order valence-electron chi connectivity index (χ0n) is 55.3. The van der Waals surface area contributed by atoms with Crippen LogP contribution in [0.1, 0.15) is 49.8 Å². The minimum absolute atomic E-state index is 0.0516. The van der Waals surface area contributed by atoms with E-state index in [0.29, 0.717) is 34.0 Å². The molecule has 0 saturated carbocycles. The zero-order valence-corrected chi connectivity index (χ0v) is 57.0. The number of nitrogens with one attached hydrogen (secondary N) is 9. The second-order valence-electron chi connectivity index (χ2n) is 24.6. The Labute approximate surface area is 580 Å². The molecule has 3 heterocycles. The highest BCUT2D eigenvalue weighted by atomic mass is 33.1. The Bertz CT molecular complexity index is 3300. The van der Waals surface area contributed by atoms with Crippen LogP contribution in [-0.2, 0) is 67.2 Å². The average Bonchev–Trinajstić information content (AvgIpc) is 1.73. The Balaban J connectivity index is 1.40. The van der Waals surface area contributed by atoms with E-state index in [0.717, 1.165) is 21.6 Å². The number of carbonyl (C=O) groups is 10. The van der Waals surface area contributed by atoms with E-state index in [-0.39, 0.29) is 128 Å². The van der Waals surface area contributed by atoms with Crippen molar-refractivity contribution in [2.45, 2.75) is 119 Å². The van der Waals surface area contributed by atoms with Gasteiger partial charge in [0.1, 0.15) is 48.0 Å². The Morgan fingerprint density at radius 1 is 0.616 bits per heavy atom. The standard InChI is InChI=1S/C65H94N14O18S2/c1-39(81)51(36-80)72-64(96)53-38-99-98-37-52(73-60(92)48(28-41-10-4-3-5-11-41)68-54(84)32-76-20-22-77(33-55(85)86)24-26-79(35-57(89)90)27-25-78(23-21-76)34-56(87)88)63(95)70-49(29-42-15-17-44(83)18-16-42)61(93)71-50(30-43-31-67-46-13-7-6-12-45(43)46)62(94)69-47(14-8-9-19-66)59(91)75-58(40(2)82)65(97)74-53/h3-7,10-13,15-18,31,39-40,47-53,55,58,67,80-83,85-86H,8-9,14,19-30,32-38,66H2,1-2H3,(H,68,84)(H,69,94)(H,70,95)(H,71,93)(H,72,96)(H,73,92)(H,74,97)(H,75,91)(H,87,88)(H,89,90)/t39-,40-,47+,48-,49+,50-,51-,52+,53+,58+/m1/s1. The van der Waals surface area contributed by atoms with Crippen molar-refractivity contribution >= 4 is 91.7 Å². The number of benzene rings is 3. The van der Waals surface area contributed by atoms with Crippen LogP contribution in [0.15, 0.2) is 85.1 Å². The quantitative estimate of drug-likeness (QED) is 0.0161. The fourth-order valence-electron chi connectivity index (χ4n) is 11.1. The number of aliphatic carboxylic acids is 2. The third-order valence-corrected chi connectivity index (χ3v) is 19.1. The van der Waals surface area contributed by atoms with Gasteiger partial charge in [0.05, 0.1) is 44.5 Å². The van der Waals surface area contributed by atoms with Crippen LogP contribution in [-0.4, -0.2) is 295 Å². The molecule has 4 aromatic rings. The third-order valence-electron chi connectivity index (χ3n) is 16.7. The van der Waals surface area contributed by atoms with Gasteiger partial charge in [0, 0.05) is 107 Å². The van der Waals surface area contributed by atoms with E-state index in [1.54, 1.807) is 80.4 Å². The van der Waals surface area contributed by atoms with Gasteiger partial charge in [-0.2, -0.15) is 0 Å². The lowest BCUT2D eigenvalue weighted by molar-refractivity contribution is -0.140. The maximum Gasteiger partial charge on any atom is 0.317 e. The number of aliphatic hydroxyl groups is 5. The number of nitrogens with two attached hydrogens (primary N) is 1. The van der Waals surface area contributed by atoms with Crippen molar-refractivity contribution in [3.8, 4) is 5.75 Å². The number of rotatable bonds is 26. The van der Waals surface area contributed by atoms with Crippen molar-refractivity contribution in [2.75, 3.05) is 103 Å². The fraction of sp³-hybridized carbons (Fsp3) is 0.538. The molecule has 8 amide bonds. The number of amides is 8. The first-order chi connectivity index (χ1) is 47.3. The molecule has 2 saturated heterocycles. The molecule has 32 nitrogen and oxygen atoms in total. The molecule has 2 fully saturated rings. The van der Waals surface area contributed by atoms with Crippen molar-refractivity contribution in [2.24, 2.45) is 5.73 Å². The van der Waals surface area contributed by atoms with E-state index in [2.05, 4.69) is 47.5 Å².